The molecule has 0 bridgehead atoms. The maximum absolute atomic E-state index is 13.2. The van der Waals surface area contributed by atoms with Crippen molar-refractivity contribution in [1.82, 2.24) is 9.78 Å². The molecule has 26 heavy (non-hydrogen) atoms. The lowest BCUT2D eigenvalue weighted by Crippen LogP contribution is -2.48. The van der Waals surface area contributed by atoms with Crippen LogP contribution in [-0.2, 0) is 14.2 Å². The molecule has 2 aromatic rings. The van der Waals surface area contributed by atoms with Gasteiger partial charge < -0.3 is 14.2 Å². The Morgan fingerprint density at radius 1 is 1.12 bits per heavy atom. The third-order valence-corrected chi connectivity index (χ3v) is 4.06. The van der Waals surface area contributed by atoms with E-state index in [2.05, 4.69) is 5.10 Å². The van der Waals surface area contributed by atoms with Crippen molar-refractivity contribution in [2.75, 3.05) is 20.8 Å². The van der Waals surface area contributed by atoms with E-state index in [4.69, 9.17) is 14.2 Å². The number of carbonyl (C=O) groups is 1. The lowest BCUT2D eigenvalue weighted by molar-refractivity contribution is -0.329. The fourth-order valence-corrected chi connectivity index (χ4v) is 2.60. The van der Waals surface area contributed by atoms with Gasteiger partial charge in [0.1, 0.15) is 5.69 Å². The maximum atomic E-state index is 13.2. The van der Waals surface area contributed by atoms with Crippen LogP contribution in [0.15, 0.2) is 42.6 Å². The Bertz CT molecular complexity index is 715. The van der Waals surface area contributed by atoms with E-state index in [1.54, 1.807) is 16.9 Å². The van der Waals surface area contributed by atoms with E-state index in [0.29, 0.717) is 12.3 Å². The van der Waals surface area contributed by atoms with Gasteiger partial charge in [-0.3, -0.25) is 9.48 Å². The summed E-state index contributed by atoms with van der Waals surface area (Å²) in [6.07, 6.45) is 1.59. The van der Waals surface area contributed by atoms with Gasteiger partial charge in [0, 0.05) is 20.4 Å². The standard InChI is InChI=1S/C20H28N2O4/c1-15(16-10-8-7-9-11-16)22-17(12-13-21-22)18(23)20(24-5,25-6)26-14-19(2,3)4/h7-13,15H,14H2,1-6H3/t15-/m1/s1. The zero-order chi connectivity index (χ0) is 19.4. The van der Waals surface area contributed by atoms with Gasteiger partial charge in [0.15, 0.2) is 0 Å². The van der Waals surface area contributed by atoms with Gasteiger partial charge >= 0.3 is 5.97 Å². The largest absolute Gasteiger partial charge is 0.352 e. The van der Waals surface area contributed by atoms with Gasteiger partial charge in [-0.15, -0.1) is 0 Å². The number of hydrogen-bond acceptors (Lipinski definition) is 5. The summed E-state index contributed by atoms with van der Waals surface area (Å²) < 4.78 is 18.2. The summed E-state index contributed by atoms with van der Waals surface area (Å²) in [5.41, 5.74) is 1.25. The number of Topliss-reactive ketones (excluding diaryl/α,β-unsaturated/α-hetero) is 1. The minimum absolute atomic E-state index is 0.126. The molecule has 1 heterocycles. The van der Waals surface area contributed by atoms with Crippen LogP contribution < -0.4 is 0 Å². The van der Waals surface area contributed by atoms with E-state index in [-0.39, 0.29) is 11.5 Å². The molecule has 0 saturated carbocycles. The third-order valence-electron chi connectivity index (χ3n) is 4.06. The normalized spacial score (nSPS) is 13.6. The molecular formula is C20H28N2O4. The van der Waals surface area contributed by atoms with Gasteiger partial charge in [-0.25, -0.2) is 0 Å². The zero-order valence-corrected chi connectivity index (χ0v) is 16.4. The van der Waals surface area contributed by atoms with Crippen molar-refractivity contribution in [3.8, 4) is 0 Å². The minimum Gasteiger partial charge on any atom is -0.324 e. The molecule has 1 atom stereocenters. The Morgan fingerprint density at radius 3 is 2.27 bits per heavy atom. The molecule has 6 nitrogen and oxygen atoms in total. The number of carbonyl (C=O) groups excluding carboxylic acids is 1. The number of benzene rings is 1. The molecule has 0 saturated heterocycles. The molecule has 0 amide bonds. The van der Waals surface area contributed by atoms with Gasteiger partial charge in [0.05, 0.1) is 12.6 Å². The Balaban J connectivity index is 2.35. The molecule has 2 rings (SSSR count). The van der Waals surface area contributed by atoms with Crippen molar-refractivity contribution in [3.05, 3.63) is 53.9 Å². The first-order valence-electron chi connectivity index (χ1n) is 8.61. The van der Waals surface area contributed by atoms with Crippen LogP contribution >= 0.6 is 0 Å². The van der Waals surface area contributed by atoms with E-state index in [0.717, 1.165) is 5.56 Å². The highest BCUT2D eigenvalue weighted by molar-refractivity contribution is 5.99. The van der Waals surface area contributed by atoms with Crippen molar-refractivity contribution in [3.63, 3.8) is 0 Å². The van der Waals surface area contributed by atoms with Crippen LogP contribution in [0.4, 0.5) is 0 Å². The van der Waals surface area contributed by atoms with Crippen LogP contribution in [0, 0.1) is 5.41 Å². The van der Waals surface area contributed by atoms with Crippen LogP contribution in [0.25, 0.3) is 0 Å². The SMILES string of the molecule is COC(OC)(OCC(C)(C)C)C(=O)c1ccnn1[C@H](C)c1ccccc1. The monoisotopic (exact) mass is 360 g/mol. The predicted molar refractivity (Wildman–Crippen MR) is 99.0 cm³/mol. The van der Waals surface area contributed by atoms with Gasteiger partial charge in [0.25, 0.3) is 5.78 Å². The predicted octanol–water partition coefficient (Wildman–Crippen LogP) is 3.68. The fourth-order valence-electron chi connectivity index (χ4n) is 2.60. The maximum Gasteiger partial charge on any atom is 0.352 e. The van der Waals surface area contributed by atoms with Crippen molar-refractivity contribution >= 4 is 5.78 Å². The Morgan fingerprint density at radius 2 is 1.73 bits per heavy atom. The lowest BCUT2D eigenvalue weighted by Gasteiger charge is -2.32. The van der Waals surface area contributed by atoms with Gasteiger partial charge in [-0.05, 0) is 24.0 Å². The van der Waals surface area contributed by atoms with Crippen molar-refractivity contribution in [2.24, 2.45) is 5.41 Å². The number of ether oxygens (including phenoxy) is 3. The van der Waals surface area contributed by atoms with E-state index >= 15 is 0 Å². The van der Waals surface area contributed by atoms with Crippen LogP contribution in [0.2, 0.25) is 0 Å². The molecule has 0 aliphatic rings. The molecule has 0 N–H and O–H groups in total. The van der Waals surface area contributed by atoms with Crippen LogP contribution in [0.3, 0.4) is 0 Å². The Kier molecular flexibility index (Phi) is 6.34. The summed E-state index contributed by atoms with van der Waals surface area (Å²) in [6, 6.07) is 11.4. The average molecular weight is 360 g/mol. The van der Waals surface area contributed by atoms with Gasteiger partial charge in [0.2, 0.25) is 0 Å². The number of rotatable bonds is 8. The van der Waals surface area contributed by atoms with Crippen LogP contribution in [-0.4, -0.2) is 42.4 Å². The molecule has 0 aliphatic heterocycles. The quantitative estimate of drug-likeness (QED) is 0.531. The average Bonchev–Trinajstić information content (AvgIpc) is 3.11. The van der Waals surface area contributed by atoms with Crippen molar-refractivity contribution < 1.29 is 19.0 Å². The molecule has 6 heteroatoms. The highest BCUT2D eigenvalue weighted by Crippen LogP contribution is 2.27. The van der Waals surface area contributed by atoms with E-state index in [1.165, 1.54) is 14.2 Å². The van der Waals surface area contributed by atoms with Crippen molar-refractivity contribution in [1.29, 1.82) is 0 Å². The molecule has 142 valence electrons. The van der Waals surface area contributed by atoms with E-state index in [9.17, 15) is 4.79 Å². The molecular weight excluding hydrogens is 332 g/mol. The number of ketones is 1. The zero-order valence-electron chi connectivity index (χ0n) is 16.4. The summed E-state index contributed by atoms with van der Waals surface area (Å²) in [5, 5.41) is 4.33. The van der Waals surface area contributed by atoms with Crippen LogP contribution in [0.1, 0.15) is 49.8 Å². The Hall–Kier alpha value is -2.02. The second-order valence-electron chi connectivity index (χ2n) is 7.39. The number of aromatic nitrogens is 2. The number of methoxy groups -OCH3 is 2. The number of nitrogens with zero attached hydrogens (tertiary/aromatic N) is 2. The molecule has 0 unspecified atom stereocenters. The minimum atomic E-state index is -1.80. The molecule has 0 spiro atoms. The third kappa shape index (κ3) is 4.38. The highest BCUT2D eigenvalue weighted by Gasteiger charge is 2.44. The number of hydrogen-bond donors (Lipinski definition) is 0. The molecule has 1 aromatic heterocycles. The first-order valence-corrected chi connectivity index (χ1v) is 8.61. The molecule has 0 fully saturated rings. The lowest BCUT2D eigenvalue weighted by atomic mass is 9.98. The fraction of sp³-hybridized carbons (Fsp3) is 0.500. The summed E-state index contributed by atoms with van der Waals surface area (Å²) >= 11 is 0. The van der Waals surface area contributed by atoms with E-state index in [1.807, 2.05) is 58.0 Å². The van der Waals surface area contributed by atoms with Crippen molar-refractivity contribution in [2.45, 2.75) is 39.7 Å². The van der Waals surface area contributed by atoms with Gasteiger partial charge in [-0.2, -0.15) is 5.10 Å². The molecule has 0 aliphatic carbocycles. The summed E-state index contributed by atoms with van der Waals surface area (Å²) in [4.78, 5) is 13.2. The van der Waals surface area contributed by atoms with E-state index < -0.39 is 11.8 Å². The topological polar surface area (TPSA) is 62.6 Å². The van der Waals surface area contributed by atoms with Gasteiger partial charge in [-0.1, -0.05) is 51.1 Å². The first kappa shape index (κ1) is 20.3. The highest BCUT2D eigenvalue weighted by atomic mass is 16.9. The van der Waals surface area contributed by atoms with Crippen LogP contribution in [0.5, 0.6) is 0 Å². The Labute approximate surface area is 155 Å². The second-order valence-corrected chi connectivity index (χ2v) is 7.39. The summed E-state index contributed by atoms with van der Waals surface area (Å²) in [7, 11) is 2.79. The smallest absolute Gasteiger partial charge is 0.324 e. The second kappa shape index (κ2) is 8.12. The molecule has 0 radical (unpaired) electrons. The first-order chi connectivity index (χ1) is 12.2. The summed E-state index contributed by atoms with van der Waals surface area (Å²) in [6.45, 7) is 8.30. The molecule has 1 aromatic carbocycles. The summed E-state index contributed by atoms with van der Waals surface area (Å²) in [5.74, 6) is -2.23.